The van der Waals surface area contributed by atoms with Crippen LogP contribution >= 0.6 is 0 Å². The van der Waals surface area contributed by atoms with Crippen molar-refractivity contribution >= 4 is 17.6 Å². The van der Waals surface area contributed by atoms with Crippen molar-refractivity contribution in [3.63, 3.8) is 0 Å². The number of pyridine rings is 1. The second-order valence-electron chi connectivity index (χ2n) is 5.10. The maximum atomic E-state index is 12.1. The van der Waals surface area contributed by atoms with Gasteiger partial charge in [0.1, 0.15) is 11.4 Å². The molecule has 0 aliphatic rings. The van der Waals surface area contributed by atoms with Crippen LogP contribution in [0.3, 0.4) is 0 Å². The van der Waals surface area contributed by atoms with Gasteiger partial charge in [-0.25, -0.2) is 0 Å². The van der Waals surface area contributed by atoms with Gasteiger partial charge in [0, 0.05) is 24.6 Å². The smallest absolute Gasteiger partial charge is 0.288 e. The predicted octanol–water partition coefficient (Wildman–Crippen LogP) is 1.90. The third-order valence-corrected chi connectivity index (χ3v) is 3.28. The summed E-state index contributed by atoms with van der Waals surface area (Å²) in [6, 6.07) is 11.6. The van der Waals surface area contributed by atoms with Gasteiger partial charge in [-0.05, 0) is 43.3 Å². The molecule has 7 nitrogen and oxygen atoms in total. The normalized spacial score (nSPS) is 9.96. The first-order chi connectivity index (χ1) is 12.1. The number of hydrogen-bond donors (Lipinski definition) is 2. The molecule has 2 amide bonds. The Bertz CT molecular complexity index is 730. The van der Waals surface area contributed by atoms with Gasteiger partial charge in [-0.2, -0.15) is 0 Å². The summed E-state index contributed by atoms with van der Waals surface area (Å²) >= 11 is 0. The topological polar surface area (TPSA) is 97.4 Å². The molecule has 1 aromatic carbocycles. The van der Waals surface area contributed by atoms with Crippen LogP contribution in [0.4, 0.5) is 0 Å². The minimum Gasteiger partial charge on any atom is -0.494 e. The lowest BCUT2D eigenvalue weighted by Crippen LogP contribution is -2.42. The molecule has 0 aliphatic heterocycles. The van der Waals surface area contributed by atoms with E-state index in [-0.39, 0.29) is 24.3 Å². The zero-order valence-corrected chi connectivity index (χ0v) is 13.8. The molecule has 0 atom stereocenters. The number of Topliss-reactive ketones (excluding diaryl/α,β-unsaturated/α-hetero) is 1. The average molecular weight is 341 g/mol. The van der Waals surface area contributed by atoms with E-state index in [0.29, 0.717) is 17.9 Å². The van der Waals surface area contributed by atoms with Crippen LogP contribution in [0.25, 0.3) is 0 Å². The average Bonchev–Trinajstić information content (AvgIpc) is 2.65. The van der Waals surface area contributed by atoms with Gasteiger partial charge in [-0.1, -0.05) is 6.07 Å². The summed E-state index contributed by atoms with van der Waals surface area (Å²) in [6.45, 7) is 2.43. The largest absolute Gasteiger partial charge is 0.494 e. The summed E-state index contributed by atoms with van der Waals surface area (Å²) < 4.78 is 5.31. The van der Waals surface area contributed by atoms with Gasteiger partial charge in [0.2, 0.25) is 5.91 Å². The lowest BCUT2D eigenvalue weighted by Gasteiger charge is -2.07. The summed E-state index contributed by atoms with van der Waals surface area (Å²) in [5, 5.41) is 0. The third-order valence-electron chi connectivity index (χ3n) is 3.28. The van der Waals surface area contributed by atoms with Crippen LogP contribution < -0.4 is 15.6 Å². The van der Waals surface area contributed by atoms with E-state index in [1.165, 1.54) is 12.3 Å². The molecule has 0 unspecified atom stereocenters. The highest BCUT2D eigenvalue weighted by Gasteiger charge is 2.11. The highest BCUT2D eigenvalue weighted by molar-refractivity contribution is 5.98. The number of hydrazine groups is 1. The van der Waals surface area contributed by atoms with E-state index in [4.69, 9.17) is 4.74 Å². The van der Waals surface area contributed by atoms with Crippen molar-refractivity contribution in [2.45, 2.75) is 19.8 Å². The molecule has 7 heteroatoms. The molecule has 0 bridgehead atoms. The van der Waals surface area contributed by atoms with Crippen molar-refractivity contribution in [2.24, 2.45) is 0 Å². The number of nitrogens with one attached hydrogen (secondary N) is 2. The molecule has 0 fully saturated rings. The standard InChI is InChI=1S/C18H19N3O4/c1-2-25-14-8-6-13(7-9-14)16(22)10-11-17(23)20-21-18(24)15-5-3-4-12-19-15/h3-9,12H,2,10-11H2,1H3,(H,20,23)(H,21,24). The molecule has 0 aliphatic carbocycles. The Morgan fingerprint density at radius 3 is 2.40 bits per heavy atom. The van der Waals surface area contributed by atoms with Crippen molar-refractivity contribution in [1.82, 2.24) is 15.8 Å². The van der Waals surface area contributed by atoms with Crippen molar-refractivity contribution < 1.29 is 19.1 Å². The maximum Gasteiger partial charge on any atom is 0.288 e. The molecule has 2 N–H and O–H groups in total. The van der Waals surface area contributed by atoms with E-state index < -0.39 is 11.8 Å². The Kier molecular flexibility index (Phi) is 6.65. The second-order valence-corrected chi connectivity index (χ2v) is 5.10. The predicted molar refractivity (Wildman–Crippen MR) is 91.0 cm³/mol. The zero-order valence-electron chi connectivity index (χ0n) is 13.8. The SMILES string of the molecule is CCOc1ccc(C(=O)CCC(=O)NNC(=O)c2ccccn2)cc1. The number of rotatable bonds is 7. The highest BCUT2D eigenvalue weighted by Crippen LogP contribution is 2.13. The number of aromatic nitrogens is 1. The van der Waals surface area contributed by atoms with Crippen molar-refractivity contribution in [3.05, 3.63) is 59.9 Å². The molecular weight excluding hydrogens is 322 g/mol. The van der Waals surface area contributed by atoms with Gasteiger partial charge in [0.15, 0.2) is 5.78 Å². The fourth-order valence-electron chi connectivity index (χ4n) is 2.03. The van der Waals surface area contributed by atoms with E-state index in [1.807, 2.05) is 6.92 Å². The number of ketones is 1. The van der Waals surface area contributed by atoms with Crippen LogP contribution in [0.1, 0.15) is 40.6 Å². The Balaban J connectivity index is 1.75. The molecule has 130 valence electrons. The van der Waals surface area contributed by atoms with Gasteiger partial charge in [0.05, 0.1) is 6.61 Å². The summed E-state index contributed by atoms with van der Waals surface area (Å²) in [5.74, 6) is -0.446. The molecule has 0 saturated carbocycles. The van der Waals surface area contributed by atoms with E-state index in [2.05, 4.69) is 15.8 Å². The Labute approximate surface area is 145 Å². The minimum absolute atomic E-state index is 0.0332. The van der Waals surface area contributed by atoms with Crippen LogP contribution in [0, 0.1) is 0 Å². The summed E-state index contributed by atoms with van der Waals surface area (Å²) in [6.07, 6.45) is 1.49. The van der Waals surface area contributed by atoms with E-state index in [1.54, 1.807) is 36.4 Å². The molecule has 0 spiro atoms. The summed E-state index contributed by atoms with van der Waals surface area (Å²) in [5.41, 5.74) is 5.21. The highest BCUT2D eigenvalue weighted by atomic mass is 16.5. The van der Waals surface area contributed by atoms with Crippen molar-refractivity contribution in [1.29, 1.82) is 0 Å². The number of carbonyl (C=O) groups is 3. The first-order valence-corrected chi connectivity index (χ1v) is 7.86. The van der Waals surface area contributed by atoms with Crippen LogP contribution in [-0.2, 0) is 4.79 Å². The number of carbonyl (C=O) groups excluding carboxylic acids is 3. The van der Waals surface area contributed by atoms with Crippen LogP contribution in [0.5, 0.6) is 5.75 Å². The number of nitrogens with zero attached hydrogens (tertiary/aromatic N) is 1. The molecule has 0 saturated heterocycles. The van der Waals surface area contributed by atoms with Crippen LogP contribution in [0.2, 0.25) is 0 Å². The van der Waals surface area contributed by atoms with Gasteiger partial charge >= 0.3 is 0 Å². The summed E-state index contributed by atoms with van der Waals surface area (Å²) in [7, 11) is 0. The van der Waals surface area contributed by atoms with Crippen molar-refractivity contribution in [3.8, 4) is 5.75 Å². The fraction of sp³-hybridized carbons (Fsp3) is 0.222. The molecule has 2 aromatic rings. The number of ether oxygens (including phenoxy) is 1. The van der Waals surface area contributed by atoms with E-state index in [9.17, 15) is 14.4 Å². The van der Waals surface area contributed by atoms with E-state index in [0.717, 1.165) is 0 Å². The van der Waals surface area contributed by atoms with E-state index >= 15 is 0 Å². The molecular formula is C18H19N3O4. The Morgan fingerprint density at radius 1 is 1.00 bits per heavy atom. The molecule has 1 aromatic heterocycles. The Hall–Kier alpha value is -3.22. The number of benzene rings is 1. The molecule has 1 heterocycles. The zero-order chi connectivity index (χ0) is 18.1. The molecule has 2 rings (SSSR count). The summed E-state index contributed by atoms with van der Waals surface area (Å²) in [4.78, 5) is 39.4. The maximum absolute atomic E-state index is 12.1. The minimum atomic E-state index is -0.521. The monoisotopic (exact) mass is 341 g/mol. The van der Waals surface area contributed by atoms with Gasteiger partial charge in [-0.15, -0.1) is 0 Å². The van der Waals surface area contributed by atoms with Crippen LogP contribution in [0.15, 0.2) is 48.7 Å². The number of hydrogen-bond acceptors (Lipinski definition) is 5. The van der Waals surface area contributed by atoms with Crippen molar-refractivity contribution in [2.75, 3.05) is 6.61 Å². The van der Waals surface area contributed by atoms with Gasteiger partial charge in [0.25, 0.3) is 5.91 Å². The first kappa shape index (κ1) is 18.1. The lowest BCUT2D eigenvalue weighted by atomic mass is 10.1. The Morgan fingerprint density at radius 2 is 1.76 bits per heavy atom. The quantitative estimate of drug-likeness (QED) is 0.592. The first-order valence-electron chi connectivity index (χ1n) is 7.86. The van der Waals surface area contributed by atoms with Gasteiger partial charge in [-0.3, -0.25) is 30.2 Å². The van der Waals surface area contributed by atoms with Gasteiger partial charge < -0.3 is 4.74 Å². The van der Waals surface area contributed by atoms with Crippen LogP contribution in [-0.4, -0.2) is 29.2 Å². The fourth-order valence-corrected chi connectivity index (χ4v) is 2.03. The third kappa shape index (κ3) is 5.72. The molecule has 25 heavy (non-hydrogen) atoms. The second kappa shape index (κ2) is 9.17. The lowest BCUT2D eigenvalue weighted by molar-refractivity contribution is -0.121. The molecule has 0 radical (unpaired) electrons. The number of amides is 2.